The summed E-state index contributed by atoms with van der Waals surface area (Å²) in [6.45, 7) is 0. The van der Waals surface area contributed by atoms with Crippen molar-refractivity contribution in [3.63, 3.8) is 0 Å². The Morgan fingerprint density at radius 3 is 1.80 bits per heavy atom. The molecule has 7 aromatic rings. The lowest BCUT2D eigenvalue weighted by atomic mass is 9.68. The summed E-state index contributed by atoms with van der Waals surface area (Å²) in [7, 11) is 2.18. The fraction of sp³-hybridized carbons (Fsp3) is 0.182. The fourth-order valence-electron chi connectivity index (χ4n) is 10.1. The number of likely N-dealkylation sites (N-methyl/N-ethyl adjacent to an activating group) is 1. The van der Waals surface area contributed by atoms with Gasteiger partial charge in [-0.15, -0.1) is 0 Å². The van der Waals surface area contributed by atoms with Crippen LogP contribution in [0.4, 0.5) is 0 Å². The second-order valence-electron chi connectivity index (χ2n) is 16.7. The number of fused-ring (bicyclic) bond motifs is 5. The van der Waals surface area contributed by atoms with Gasteiger partial charge in [0.05, 0.1) is 0 Å². The van der Waals surface area contributed by atoms with Crippen LogP contribution in [-0.2, 0) is 5.41 Å². The van der Waals surface area contributed by atoms with Gasteiger partial charge in [0.25, 0.3) is 0 Å². The van der Waals surface area contributed by atoms with Gasteiger partial charge < -0.3 is 4.90 Å². The highest BCUT2D eigenvalue weighted by atomic mass is 15.3. The summed E-state index contributed by atoms with van der Waals surface area (Å²) in [5, 5.41) is 0. The van der Waals surface area contributed by atoms with E-state index in [1.54, 1.807) is 0 Å². The topological polar surface area (TPSA) is 66.6 Å². The van der Waals surface area contributed by atoms with Crippen LogP contribution in [0.2, 0.25) is 0 Å². The van der Waals surface area contributed by atoms with Crippen molar-refractivity contribution in [3.05, 3.63) is 203 Å². The van der Waals surface area contributed by atoms with E-state index in [2.05, 4.69) is 121 Å². The third kappa shape index (κ3) is 6.63. The molecule has 6 heteroatoms. The zero-order chi connectivity index (χ0) is 40.8. The number of rotatable bonds is 7. The van der Waals surface area contributed by atoms with Gasteiger partial charge in [0.1, 0.15) is 12.0 Å². The molecule has 0 N–H and O–H groups in total. The van der Waals surface area contributed by atoms with Crippen molar-refractivity contribution in [2.75, 3.05) is 7.05 Å². The Balaban J connectivity index is 0.983. The fourth-order valence-corrected chi connectivity index (χ4v) is 10.1. The number of allylic oxidation sites excluding steroid dienone is 3. The molecule has 0 saturated heterocycles. The van der Waals surface area contributed by atoms with E-state index in [1.807, 2.05) is 60.7 Å². The molecule has 6 aromatic carbocycles. The van der Waals surface area contributed by atoms with Crippen molar-refractivity contribution in [3.8, 4) is 45.3 Å². The number of benzene rings is 6. The minimum absolute atomic E-state index is 0.0669. The van der Waals surface area contributed by atoms with Gasteiger partial charge in [-0.05, 0) is 70.7 Å². The first-order valence-electron chi connectivity index (χ1n) is 21.7. The van der Waals surface area contributed by atoms with Crippen LogP contribution in [-0.4, -0.2) is 44.7 Å². The van der Waals surface area contributed by atoms with Gasteiger partial charge in [-0.25, -0.2) is 24.9 Å². The van der Waals surface area contributed by atoms with Gasteiger partial charge >= 0.3 is 0 Å². The van der Waals surface area contributed by atoms with Crippen LogP contribution in [0.1, 0.15) is 72.8 Å². The zero-order valence-electron chi connectivity index (χ0n) is 34.4. The predicted octanol–water partition coefficient (Wildman–Crippen LogP) is 12.4. The monoisotopic (exact) mass is 790 g/mol. The maximum Gasteiger partial charge on any atom is 0.164 e. The van der Waals surface area contributed by atoms with Gasteiger partial charge in [0.2, 0.25) is 0 Å². The first-order chi connectivity index (χ1) is 30.1. The summed E-state index contributed by atoms with van der Waals surface area (Å²) in [5.74, 6) is 3.69. The molecule has 0 bridgehead atoms. The number of hydrogen-bond donors (Lipinski definition) is 0. The minimum Gasteiger partial charge on any atom is -0.333 e. The van der Waals surface area contributed by atoms with Crippen molar-refractivity contribution < 1.29 is 0 Å². The molecule has 61 heavy (non-hydrogen) atoms. The van der Waals surface area contributed by atoms with E-state index in [9.17, 15) is 0 Å². The molecule has 1 unspecified atom stereocenters. The van der Waals surface area contributed by atoms with Crippen molar-refractivity contribution in [2.45, 2.75) is 56.5 Å². The van der Waals surface area contributed by atoms with Crippen LogP contribution in [0.5, 0.6) is 0 Å². The van der Waals surface area contributed by atoms with Crippen LogP contribution < -0.4 is 0 Å². The Kier molecular flexibility index (Phi) is 9.41. The van der Waals surface area contributed by atoms with Gasteiger partial charge in [-0.1, -0.05) is 183 Å². The largest absolute Gasteiger partial charge is 0.333 e. The standard InChI is InChI=1S/C55H46N6/c1-61-53(59-51(39-23-10-4-11-24-39)60-54(61)45-30-18-32-47-48(45)44-29-12-13-31-46(44)55(47)33-14-5-15-34-55)43-28-17-26-41(36-43)40-25-16-27-42(35-40)52-57-49(37-19-6-2-7-20-37)56-50(58-52)38-21-8-3-9-22-38/h2-4,6-13,16,18-27,29-32,35-36,53H,5,14-15,17,28,33-34H2,1H3. The molecule has 2 heterocycles. The van der Waals surface area contributed by atoms with E-state index in [0.717, 1.165) is 52.3 Å². The Morgan fingerprint density at radius 1 is 0.541 bits per heavy atom. The lowest BCUT2D eigenvalue weighted by Crippen LogP contribution is -2.42. The number of hydrogen-bond acceptors (Lipinski definition) is 6. The molecule has 1 aromatic heterocycles. The Morgan fingerprint density at radius 2 is 1.10 bits per heavy atom. The average Bonchev–Trinajstić information content (AvgIpc) is 3.61. The first-order valence-corrected chi connectivity index (χ1v) is 21.7. The molecule has 1 saturated carbocycles. The number of aromatic nitrogens is 3. The quantitative estimate of drug-likeness (QED) is 0.161. The van der Waals surface area contributed by atoms with Gasteiger partial charge in [-0.3, -0.25) is 0 Å². The smallest absolute Gasteiger partial charge is 0.164 e. The molecule has 6 nitrogen and oxygen atoms in total. The molecular formula is C55H46N6. The van der Waals surface area contributed by atoms with Crippen molar-refractivity contribution >= 4 is 17.2 Å². The van der Waals surface area contributed by atoms with Crippen LogP contribution in [0.3, 0.4) is 0 Å². The molecule has 11 rings (SSSR count). The predicted molar refractivity (Wildman–Crippen MR) is 248 cm³/mol. The third-order valence-corrected chi connectivity index (χ3v) is 13.1. The number of nitrogens with zero attached hydrogens (tertiary/aromatic N) is 6. The number of aliphatic imine (C=N–C) groups is 2. The van der Waals surface area contributed by atoms with Crippen LogP contribution >= 0.6 is 0 Å². The molecule has 0 radical (unpaired) electrons. The second kappa shape index (κ2) is 15.5. The summed E-state index contributed by atoms with van der Waals surface area (Å²) in [5.41, 5.74) is 14.3. The second-order valence-corrected chi connectivity index (χ2v) is 16.7. The molecule has 0 amide bonds. The lowest BCUT2D eigenvalue weighted by Gasteiger charge is -2.37. The first kappa shape index (κ1) is 37.0. The molecule has 1 atom stereocenters. The van der Waals surface area contributed by atoms with Gasteiger partial charge in [0, 0.05) is 40.3 Å². The van der Waals surface area contributed by atoms with E-state index in [-0.39, 0.29) is 11.6 Å². The van der Waals surface area contributed by atoms with Crippen molar-refractivity contribution in [1.82, 2.24) is 19.9 Å². The molecular weight excluding hydrogens is 745 g/mol. The zero-order valence-corrected chi connectivity index (χ0v) is 34.4. The molecule has 1 spiro atoms. The lowest BCUT2D eigenvalue weighted by molar-refractivity contribution is 0.353. The molecule has 1 fully saturated rings. The highest BCUT2D eigenvalue weighted by molar-refractivity contribution is 6.16. The molecule has 296 valence electrons. The van der Waals surface area contributed by atoms with Gasteiger partial charge in [0.15, 0.2) is 23.3 Å². The van der Waals surface area contributed by atoms with E-state index in [0.29, 0.717) is 17.5 Å². The van der Waals surface area contributed by atoms with E-state index in [4.69, 9.17) is 24.9 Å². The maximum atomic E-state index is 5.46. The summed E-state index contributed by atoms with van der Waals surface area (Å²) < 4.78 is 0. The average molecular weight is 791 g/mol. The normalized spacial score (nSPS) is 17.8. The van der Waals surface area contributed by atoms with Crippen molar-refractivity contribution in [1.29, 1.82) is 0 Å². The SMILES string of the molecule is CN1C(c2cccc3c2-c2ccccc2C32CCCCC2)=NC(c2ccccc2)=NC1C1=CC(c2cccc(-c3nc(-c4ccccc4)nc(-c4ccccc4)n3)c2)=CCC1. The highest BCUT2D eigenvalue weighted by Gasteiger charge is 2.45. The molecule has 3 aliphatic carbocycles. The Hall–Kier alpha value is -7.05. The summed E-state index contributed by atoms with van der Waals surface area (Å²) in [4.78, 5) is 28.2. The van der Waals surface area contributed by atoms with E-state index in [1.165, 1.54) is 71.1 Å². The summed E-state index contributed by atoms with van der Waals surface area (Å²) >= 11 is 0. The van der Waals surface area contributed by atoms with E-state index < -0.39 is 0 Å². The highest BCUT2D eigenvalue weighted by Crippen LogP contribution is 2.56. The van der Waals surface area contributed by atoms with Crippen molar-refractivity contribution in [2.24, 2.45) is 9.98 Å². The molecule has 4 aliphatic rings. The van der Waals surface area contributed by atoms with Crippen LogP contribution in [0.15, 0.2) is 185 Å². The Bertz CT molecular complexity index is 2850. The minimum atomic E-state index is -0.226. The van der Waals surface area contributed by atoms with E-state index >= 15 is 0 Å². The van der Waals surface area contributed by atoms with Crippen LogP contribution in [0.25, 0.3) is 50.9 Å². The summed E-state index contributed by atoms with van der Waals surface area (Å²) in [6, 6.07) is 55.5. The van der Waals surface area contributed by atoms with Gasteiger partial charge in [-0.2, -0.15) is 0 Å². The summed E-state index contributed by atoms with van der Waals surface area (Å²) in [6.07, 6.45) is 12.5. The van der Waals surface area contributed by atoms with Crippen LogP contribution in [0, 0.1) is 0 Å². The molecule has 1 aliphatic heterocycles. The number of amidine groups is 2. The Labute approximate surface area is 357 Å². The third-order valence-electron chi connectivity index (χ3n) is 13.1. The maximum absolute atomic E-state index is 5.46.